The summed E-state index contributed by atoms with van der Waals surface area (Å²) in [5.41, 5.74) is 2.25. The van der Waals surface area contributed by atoms with Crippen molar-refractivity contribution >= 4 is 22.2 Å². The van der Waals surface area contributed by atoms with E-state index in [2.05, 4.69) is 23.2 Å². The van der Waals surface area contributed by atoms with Crippen molar-refractivity contribution in [1.82, 2.24) is 4.98 Å². The summed E-state index contributed by atoms with van der Waals surface area (Å²) in [6.45, 7) is 0.112. The predicted molar refractivity (Wildman–Crippen MR) is 105 cm³/mol. The zero-order chi connectivity index (χ0) is 19.5. The Kier molecular flexibility index (Phi) is 6.09. The molecule has 0 N–H and O–H groups in total. The number of fused-ring (bicyclic) bond motifs is 1. The van der Waals surface area contributed by atoms with Gasteiger partial charge in [-0.2, -0.15) is 0 Å². The lowest BCUT2D eigenvalue weighted by Crippen LogP contribution is -3.00. The number of carbonyl (C=O) groups is 1. The van der Waals surface area contributed by atoms with E-state index in [0.29, 0.717) is 5.56 Å². The fourth-order valence-corrected chi connectivity index (χ4v) is 3.11. The van der Waals surface area contributed by atoms with Crippen molar-refractivity contribution in [1.29, 1.82) is 0 Å². The third-order valence-corrected chi connectivity index (χ3v) is 4.56. The van der Waals surface area contributed by atoms with Gasteiger partial charge in [0, 0.05) is 29.3 Å². The van der Waals surface area contributed by atoms with Crippen molar-refractivity contribution in [3.63, 3.8) is 0 Å². The molecule has 0 saturated carbocycles. The molecule has 29 heavy (non-hydrogen) atoms. The van der Waals surface area contributed by atoms with Crippen LogP contribution < -0.4 is 21.5 Å². The summed E-state index contributed by atoms with van der Waals surface area (Å²) < 4.78 is 1.69. The second-order valence-corrected chi connectivity index (χ2v) is 6.37. The zero-order valence-corrected chi connectivity index (χ0v) is 16.8. The summed E-state index contributed by atoms with van der Waals surface area (Å²) in [7, 11) is 0. The molecule has 1 aromatic heterocycles. The highest BCUT2D eigenvalue weighted by molar-refractivity contribution is 5.96. The van der Waals surface area contributed by atoms with Crippen LogP contribution >= 0.6 is 0 Å². The van der Waals surface area contributed by atoms with Gasteiger partial charge in [0.25, 0.3) is 12.0 Å². The maximum Gasteiger partial charge on any atom is 0.287 e. The van der Waals surface area contributed by atoms with E-state index < -0.39 is 4.92 Å². The number of rotatable bonds is 5. The molecule has 0 atom stereocenters. The van der Waals surface area contributed by atoms with Gasteiger partial charge in [0.05, 0.1) is 11.1 Å². The number of hydrogen-bond donors (Lipinski definition) is 0. The Hall–Kier alpha value is -3.45. The Morgan fingerprint density at radius 1 is 0.966 bits per heavy atom. The normalized spacial score (nSPS) is 10.3. The van der Waals surface area contributed by atoms with Gasteiger partial charge in [-0.1, -0.05) is 36.4 Å². The maximum atomic E-state index is 12.4. The molecular weight excluding hydrogens is 434 g/mol. The van der Waals surface area contributed by atoms with Gasteiger partial charge < -0.3 is 17.0 Å². The van der Waals surface area contributed by atoms with Crippen LogP contribution in [0.1, 0.15) is 10.4 Å². The number of aromatic nitrogens is 2. The Bertz CT molecular complexity index is 1170. The smallest absolute Gasteiger partial charge is 0.287 e. The van der Waals surface area contributed by atoms with Gasteiger partial charge in [0.1, 0.15) is 0 Å². The lowest BCUT2D eigenvalue weighted by molar-refractivity contribution is -0.686. The minimum Gasteiger partial charge on any atom is -1.00 e. The van der Waals surface area contributed by atoms with Crippen LogP contribution in [0.3, 0.4) is 0 Å². The number of non-ortho nitro benzene ring substituents is 1. The second kappa shape index (κ2) is 8.70. The highest BCUT2D eigenvalue weighted by atomic mass is 79.9. The number of nitrogens with zero attached hydrogens (tertiary/aromatic N) is 3. The van der Waals surface area contributed by atoms with Crippen LogP contribution in [0.2, 0.25) is 0 Å². The second-order valence-electron chi connectivity index (χ2n) is 6.37. The minimum absolute atomic E-state index is 0. The molecule has 0 aliphatic rings. The standard InChI is InChI=1S/C22H16N3O3.BrH/c26-22(17-8-10-18(11-9-17)25(27)28)14-24-13-12-21(23-15-24)20-7-3-5-16-4-1-2-6-19(16)20;/h1-13,15H,14H2;1H/q+1;/p-1. The first-order chi connectivity index (χ1) is 13.6. The van der Waals surface area contributed by atoms with Crippen LogP contribution in [-0.4, -0.2) is 15.7 Å². The Morgan fingerprint density at radius 3 is 2.38 bits per heavy atom. The molecule has 144 valence electrons. The van der Waals surface area contributed by atoms with Crippen molar-refractivity contribution < 1.29 is 31.3 Å². The van der Waals surface area contributed by atoms with Crippen molar-refractivity contribution in [3.05, 3.63) is 101 Å². The fraction of sp³-hybridized carbons (Fsp3) is 0.0455. The summed E-state index contributed by atoms with van der Waals surface area (Å²) >= 11 is 0. The highest BCUT2D eigenvalue weighted by Crippen LogP contribution is 2.26. The van der Waals surface area contributed by atoms with E-state index in [1.54, 1.807) is 10.9 Å². The number of nitro groups is 1. The van der Waals surface area contributed by atoms with Crippen molar-refractivity contribution in [3.8, 4) is 11.3 Å². The molecule has 0 radical (unpaired) electrons. The van der Waals surface area contributed by atoms with Gasteiger partial charge in [0.15, 0.2) is 12.2 Å². The molecule has 0 aliphatic heterocycles. The summed E-state index contributed by atoms with van der Waals surface area (Å²) in [6, 6.07) is 21.7. The van der Waals surface area contributed by atoms with E-state index in [-0.39, 0.29) is 35.0 Å². The number of hydrogen-bond acceptors (Lipinski definition) is 4. The SMILES string of the molecule is O=C(C[n+]1ccc(-c2cccc3ccccc23)nc1)c1ccc([N+](=O)[O-])cc1.[Br-]. The molecule has 0 fully saturated rings. The molecule has 0 unspecified atom stereocenters. The quantitative estimate of drug-likeness (QED) is 0.197. The van der Waals surface area contributed by atoms with Gasteiger partial charge in [0.2, 0.25) is 5.78 Å². The number of benzene rings is 3. The van der Waals surface area contributed by atoms with Crippen LogP contribution in [0, 0.1) is 10.1 Å². The van der Waals surface area contributed by atoms with Crippen molar-refractivity contribution in [2.75, 3.05) is 0 Å². The molecule has 0 spiro atoms. The first kappa shape index (κ1) is 20.3. The van der Waals surface area contributed by atoms with E-state index in [0.717, 1.165) is 22.0 Å². The van der Waals surface area contributed by atoms with Gasteiger partial charge in [-0.05, 0) is 34.0 Å². The van der Waals surface area contributed by atoms with Crippen molar-refractivity contribution in [2.45, 2.75) is 6.54 Å². The molecule has 0 amide bonds. The van der Waals surface area contributed by atoms with E-state index in [4.69, 9.17) is 0 Å². The average molecular weight is 450 g/mol. The van der Waals surface area contributed by atoms with Crippen LogP contribution in [0.25, 0.3) is 22.0 Å². The van der Waals surface area contributed by atoms with Crippen LogP contribution in [0.4, 0.5) is 5.69 Å². The van der Waals surface area contributed by atoms with Gasteiger partial charge in [-0.25, -0.2) is 4.57 Å². The molecule has 0 saturated heterocycles. The molecule has 3 aromatic carbocycles. The van der Waals surface area contributed by atoms with E-state index >= 15 is 0 Å². The third-order valence-electron chi connectivity index (χ3n) is 4.56. The van der Waals surface area contributed by atoms with Gasteiger partial charge in [-0.3, -0.25) is 14.9 Å². The molecule has 1 heterocycles. The lowest BCUT2D eigenvalue weighted by atomic mass is 10.0. The molecular formula is C22H16BrN3O3. The Morgan fingerprint density at radius 2 is 1.69 bits per heavy atom. The molecule has 6 nitrogen and oxygen atoms in total. The number of ketones is 1. The Labute approximate surface area is 177 Å². The summed E-state index contributed by atoms with van der Waals surface area (Å²) in [6.07, 6.45) is 3.44. The van der Waals surface area contributed by atoms with Crippen LogP contribution in [-0.2, 0) is 6.54 Å². The molecule has 0 bridgehead atoms. The minimum atomic E-state index is -0.487. The summed E-state index contributed by atoms with van der Waals surface area (Å²) in [5, 5.41) is 13.0. The average Bonchev–Trinajstić information content (AvgIpc) is 2.74. The summed E-state index contributed by atoms with van der Waals surface area (Å²) in [4.78, 5) is 27.1. The number of halogens is 1. The topological polar surface area (TPSA) is 77.0 Å². The highest BCUT2D eigenvalue weighted by Gasteiger charge is 2.14. The molecule has 4 rings (SSSR count). The van der Waals surface area contributed by atoms with Crippen LogP contribution in [0.15, 0.2) is 85.3 Å². The number of nitro benzene ring substituents is 1. The fourth-order valence-electron chi connectivity index (χ4n) is 3.11. The van der Waals surface area contributed by atoms with E-state index in [1.165, 1.54) is 24.3 Å². The molecule has 4 aromatic rings. The predicted octanol–water partition coefficient (Wildman–Crippen LogP) is 0.984. The monoisotopic (exact) mass is 449 g/mol. The van der Waals surface area contributed by atoms with Crippen LogP contribution in [0.5, 0.6) is 0 Å². The van der Waals surface area contributed by atoms with Gasteiger partial charge >= 0.3 is 0 Å². The number of carbonyl (C=O) groups excluding carboxylic acids is 1. The third kappa shape index (κ3) is 4.35. The molecule has 0 aliphatic carbocycles. The zero-order valence-electron chi connectivity index (χ0n) is 15.2. The largest absolute Gasteiger partial charge is 1.00 e. The summed E-state index contributed by atoms with van der Waals surface area (Å²) in [5.74, 6) is -0.139. The van der Waals surface area contributed by atoms with E-state index in [1.807, 2.05) is 36.5 Å². The first-order valence-corrected chi connectivity index (χ1v) is 8.73. The lowest BCUT2D eigenvalue weighted by Gasteiger charge is -2.04. The molecule has 7 heteroatoms. The van der Waals surface area contributed by atoms with E-state index in [9.17, 15) is 14.9 Å². The van der Waals surface area contributed by atoms with Gasteiger partial charge in [-0.15, -0.1) is 0 Å². The Balaban J connectivity index is 0.00000240. The maximum absolute atomic E-state index is 12.4. The number of Topliss-reactive ketones (excluding diaryl/α,β-unsaturated/α-hetero) is 1. The van der Waals surface area contributed by atoms with Crippen molar-refractivity contribution in [2.24, 2.45) is 0 Å². The first-order valence-electron chi connectivity index (χ1n) is 8.73.